The van der Waals surface area contributed by atoms with E-state index in [1.54, 1.807) is 0 Å². The fraction of sp³-hybridized carbons (Fsp3) is 0.750. The Morgan fingerprint density at radius 1 is 0.944 bits per heavy atom. The molecule has 2 heteroatoms. The first kappa shape index (κ1) is 13.8. The third kappa shape index (κ3) is 3.04. The number of unbranched alkanes of at least 4 members (excludes halogenated alkanes) is 5. The summed E-state index contributed by atoms with van der Waals surface area (Å²) in [5.74, 6) is 0.112. The van der Waals surface area contributed by atoms with E-state index in [-0.39, 0.29) is 11.8 Å². The van der Waals surface area contributed by atoms with E-state index in [9.17, 15) is 10.2 Å². The number of aliphatic hydroxyl groups is 2. The molecule has 0 radical (unpaired) electrons. The van der Waals surface area contributed by atoms with E-state index in [0.717, 1.165) is 6.42 Å². The first-order chi connectivity index (χ1) is 8.74. The summed E-state index contributed by atoms with van der Waals surface area (Å²) in [5.41, 5.74) is 1.34. The van der Waals surface area contributed by atoms with Crippen molar-refractivity contribution in [2.75, 3.05) is 0 Å². The zero-order chi connectivity index (χ0) is 13.0. The summed E-state index contributed by atoms with van der Waals surface area (Å²) in [6, 6.07) is 0. The van der Waals surface area contributed by atoms with E-state index < -0.39 is 12.2 Å². The lowest BCUT2D eigenvalue weighted by Crippen LogP contribution is -2.44. The molecule has 2 bridgehead atoms. The molecular formula is C16H26O2. The van der Waals surface area contributed by atoms with Crippen molar-refractivity contribution in [3.05, 3.63) is 23.8 Å². The second-order valence-electron chi connectivity index (χ2n) is 5.73. The van der Waals surface area contributed by atoms with E-state index in [4.69, 9.17) is 0 Å². The van der Waals surface area contributed by atoms with Crippen molar-refractivity contribution in [1.29, 1.82) is 0 Å². The number of hydrogen-bond donors (Lipinski definition) is 2. The summed E-state index contributed by atoms with van der Waals surface area (Å²) in [7, 11) is 0. The Labute approximate surface area is 110 Å². The summed E-state index contributed by atoms with van der Waals surface area (Å²) < 4.78 is 0. The molecule has 2 unspecified atom stereocenters. The Morgan fingerprint density at radius 3 is 2.39 bits per heavy atom. The molecule has 0 fully saturated rings. The van der Waals surface area contributed by atoms with Crippen molar-refractivity contribution < 1.29 is 10.2 Å². The SMILES string of the molecule is CCCCCCCCC1=C[C@@H]2C=C[C@H]1C(O)C2O. The minimum Gasteiger partial charge on any atom is -0.389 e. The van der Waals surface area contributed by atoms with Gasteiger partial charge in [0.15, 0.2) is 0 Å². The molecule has 0 aliphatic heterocycles. The molecule has 2 nitrogen and oxygen atoms in total. The van der Waals surface area contributed by atoms with Gasteiger partial charge in [0.1, 0.15) is 0 Å². The van der Waals surface area contributed by atoms with Crippen LogP contribution in [0.4, 0.5) is 0 Å². The molecule has 18 heavy (non-hydrogen) atoms. The molecule has 102 valence electrons. The Morgan fingerprint density at radius 2 is 1.67 bits per heavy atom. The van der Waals surface area contributed by atoms with Gasteiger partial charge in [-0.1, -0.05) is 62.8 Å². The number of rotatable bonds is 7. The van der Waals surface area contributed by atoms with Gasteiger partial charge in [0.2, 0.25) is 0 Å². The van der Waals surface area contributed by atoms with E-state index in [1.807, 2.05) is 6.08 Å². The van der Waals surface area contributed by atoms with Crippen LogP contribution in [0.3, 0.4) is 0 Å². The molecule has 0 aromatic rings. The summed E-state index contributed by atoms with van der Waals surface area (Å²) >= 11 is 0. The van der Waals surface area contributed by atoms with Crippen LogP contribution in [0, 0.1) is 11.8 Å². The van der Waals surface area contributed by atoms with Gasteiger partial charge in [-0.25, -0.2) is 0 Å². The van der Waals surface area contributed by atoms with Crippen LogP contribution >= 0.6 is 0 Å². The number of aliphatic hydroxyl groups excluding tert-OH is 2. The highest BCUT2D eigenvalue weighted by Crippen LogP contribution is 2.38. The molecule has 3 aliphatic rings. The highest BCUT2D eigenvalue weighted by Gasteiger charge is 2.38. The first-order valence-corrected chi connectivity index (χ1v) is 7.49. The second-order valence-corrected chi connectivity index (χ2v) is 5.73. The predicted octanol–water partition coefficient (Wildman–Crippen LogP) is 3.20. The van der Waals surface area contributed by atoms with Crippen molar-refractivity contribution in [3.63, 3.8) is 0 Å². The molecule has 0 heterocycles. The molecule has 2 N–H and O–H groups in total. The summed E-state index contributed by atoms with van der Waals surface area (Å²) in [4.78, 5) is 0. The Hall–Kier alpha value is -0.600. The predicted molar refractivity (Wildman–Crippen MR) is 74.2 cm³/mol. The molecule has 0 aromatic heterocycles. The maximum absolute atomic E-state index is 9.97. The van der Waals surface area contributed by atoms with E-state index in [2.05, 4.69) is 19.1 Å². The molecule has 3 rings (SSSR count). The fourth-order valence-electron chi connectivity index (χ4n) is 3.13. The quantitative estimate of drug-likeness (QED) is 0.538. The first-order valence-electron chi connectivity index (χ1n) is 7.49. The monoisotopic (exact) mass is 250 g/mol. The van der Waals surface area contributed by atoms with Crippen LogP contribution in [0.1, 0.15) is 51.9 Å². The topological polar surface area (TPSA) is 40.5 Å². The minimum atomic E-state index is -0.590. The molecule has 0 aromatic carbocycles. The van der Waals surface area contributed by atoms with Crippen molar-refractivity contribution >= 4 is 0 Å². The van der Waals surface area contributed by atoms with Crippen LogP contribution in [0.25, 0.3) is 0 Å². The average molecular weight is 250 g/mol. The van der Waals surface area contributed by atoms with Gasteiger partial charge in [-0.3, -0.25) is 0 Å². The van der Waals surface area contributed by atoms with Gasteiger partial charge < -0.3 is 10.2 Å². The van der Waals surface area contributed by atoms with Crippen LogP contribution in [-0.2, 0) is 0 Å². The maximum atomic E-state index is 9.97. The Bertz CT molecular complexity index is 319. The van der Waals surface area contributed by atoms with Crippen molar-refractivity contribution in [1.82, 2.24) is 0 Å². The van der Waals surface area contributed by atoms with Crippen LogP contribution in [0.2, 0.25) is 0 Å². The molecule has 3 aliphatic carbocycles. The summed E-state index contributed by atoms with van der Waals surface area (Å²) in [6.07, 6.45) is 14.0. The van der Waals surface area contributed by atoms with Gasteiger partial charge in [0.25, 0.3) is 0 Å². The third-order valence-electron chi connectivity index (χ3n) is 4.31. The van der Waals surface area contributed by atoms with Gasteiger partial charge in [0, 0.05) is 11.8 Å². The summed E-state index contributed by atoms with van der Waals surface area (Å²) in [5, 5.41) is 19.8. The standard InChI is InChI=1S/C16H26O2/c1-2-3-4-5-6-7-8-12-11-13-9-10-14(12)16(18)15(13)17/h9-11,13-18H,2-8H2,1H3/t13-,14+,15?,16?/m0/s1. The highest BCUT2D eigenvalue weighted by molar-refractivity contribution is 5.30. The normalized spacial score (nSPS) is 33.8. The lowest BCUT2D eigenvalue weighted by atomic mass is 9.71. The molecule has 4 atom stereocenters. The molecule has 0 amide bonds. The van der Waals surface area contributed by atoms with E-state index in [1.165, 1.54) is 44.1 Å². The van der Waals surface area contributed by atoms with Gasteiger partial charge in [-0.15, -0.1) is 0 Å². The molecule has 0 saturated heterocycles. The van der Waals surface area contributed by atoms with Crippen LogP contribution in [-0.4, -0.2) is 22.4 Å². The van der Waals surface area contributed by atoms with Crippen molar-refractivity contribution in [2.45, 2.75) is 64.1 Å². The minimum absolute atomic E-state index is 0.0418. The summed E-state index contributed by atoms with van der Waals surface area (Å²) in [6.45, 7) is 2.24. The molecular weight excluding hydrogens is 224 g/mol. The van der Waals surface area contributed by atoms with Gasteiger partial charge >= 0.3 is 0 Å². The van der Waals surface area contributed by atoms with Crippen molar-refractivity contribution in [3.8, 4) is 0 Å². The lowest BCUT2D eigenvalue weighted by Gasteiger charge is -2.39. The zero-order valence-electron chi connectivity index (χ0n) is 11.4. The van der Waals surface area contributed by atoms with Gasteiger partial charge in [0.05, 0.1) is 12.2 Å². The maximum Gasteiger partial charge on any atom is 0.0907 e. The Balaban J connectivity index is 1.73. The van der Waals surface area contributed by atoms with E-state index in [0.29, 0.717) is 0 Å². The highest BCUT2D eigenvalue weighted by atomic mass is 16.3. The fourth-order valence-corrected chi connectivity index (χ4v) is 3.13. The number of fused-ring (bicyclic) bond motifs is 1. The van der Waals surface area contributed by atoms with Crippen molar-refractivity contribution in [2.24, 2.45) is 11.8 Å². The number of hydrogen-bond acceptors (Lipinski definition) is 2. The smallest absolute Gasteiger partial charge is 0.0907 e. The average Bonchev–Trinajstić information content (AvgIpc) is 2.39. The Kier molecular flexibility index (Phi) is 5.02. The van der Waals surface area contributed by atoms with Gasteiger partial charge in [-0.05, 0) is 12.8 Å². The van der Waals surface area contributed by atoms with Crippen LogP contribution < -0.4 is 0 Å². The van der Waals surface area contributed by atoms with Crippen LogP contribution in [0.15, 0.2) is 23.8 Å². The molecule has 0 spiro atoms. The second kappa shape index (κ2) is 6.53. The largest absolute Gasteiger partial charge is 0.389 e. The third-order valence-corrected chi connectivity index (χ3v) is 4.31. The zero-order valence-corrected chi connectivity index (χ0v) is 11.4. The van der Waals surface area contributed by atoms with Crippen LogP contribution in [0.5, 0.6) is 0 Å². The molecule has 0 saturated carbocycles. The van der Waals surface area contributed by atoms with Gasteiger partial charge in [-0.2, -0.15) is 0 Å². The van der Waals surface area contributed by atoms with E-state index >= 15 is 0 Å². The lowest BCUT2D eigenvalue weighted by molar-refractivity contribution is -0.0260.